The molecule has 4 heteroatoms. The van der Waals surface area contributed by atoms with E-state index in [0.29, 0.717) is 18.6 Å². The Hall–Kier alpha value is -1.81. The van der Waals surface area contributed by atoms with Gasteiger partial charge in [0.05, 0.1) is 12.2 Å². The molecule has 2 rings (SSSR count). The summed E-state index contributed by atoms with van der Waals surface area (Å²) in [4.78, 5) is 12.0. The van der Waals surface area contributed by atoms with Crippen LogP contribution in [0.15, 0.2) is 30.4 Å². The van der Waals surface area contributed by atoms with Gasteiger partial charge in [0.1, 0.15) is 0 Å². The minimum atomic E-state index is -0.217. The van der Waals surface area contributed by atoms with Gasteiger partial charge < -0.3 is 14.9 Å². The van der Waals surface area contributed by atoms with Crippen LogP contribution in [-0.4, -0.2) is 28.2 Å². The van der Waals surface area contributed by atoms with Crippen molar-refractivity contribution in [2.24, 2.45) is 0 Å². The van der Waals surface area contributed by atoms with E-state index in [9.17, 15) is 15.0 Å². The molecule has 1 aromatic rings. The smallest absolute Gasteiger partial charge is 0.161 e. The van der Waals surface area contributed by atoms with E-state index in [0.717, 1.165) is 50.5 Å². The third kappa shape index (κ3) is 8.61. The number of aliphatic hydroxyl groups is 1. The number of benzene rings is 1. The first-order chi connectivity index (χ1) is 13.0. The summed E-state index contributed by atoms with van der Waals surface area (Å²) >= 11 is 0. The molecular weight excluding hydrogens is 340 g/mol. The Morgan fingerprint density at radius 3 is 2.78 bits per heavy atom. The molecule has 1 aliphatic carbocycles. The first kappa shape index (κ1) is 21.5. The number of allylic oxidation sites excluding steroid dienone is 2. The minimum absolute atomic E-state index is 0.130. The van der Waals surface area contributed by atoms with Crippen molar-refractivity contribution in [2.45, 2.75) is 89.8 Å². The molecule has 2 N–H and O–H groups in total. The van der Waals surface area contributed by atoms with Crippen LogP contribution >= 0.6 is 0 Å². The van der Waals surface area contributed by atoms with Crippen molar-refractivity contribution in [1.29, 1.82) is 0 Å². The highest BCUT2D eigenvalue weighted by Gasteiger charge is 2.18. The van der Waals surface area contributed by atoms with Crippen molar-refractivity contribution in [2.75, 3.05) is 0 Å². The standard InChI is InChI=1S/C23H34O4/c1-18(24)9-5-3-2-4-6-10-20(25)15-13-19-14-16-22(26)23(17-19)27-21-11-7-8-12-21/h6,10,14,16-18,21,24,26H,2-5,7-9,11-13,15H2,1H3/t18-/m0/s1. The number of ketones is 1. The number of unbranched alkanes of at least 4 members (excludes halogenated alkanes) is 3. The van der Waals surface area contributed by atoms with Gasteiger partial charge in [0.15, 0.2) is 17.3 Å². The molecule has 1 saturated carbocycles. The Morgan fingerprint density at radius 1 is 1.26 bits per heavy atom. The maximum atomic E-state index is 12.0. The molecule has 0 heterocycles. The van der Waals surface area contributed by atoms with Gasteiger partial charge in [0, 0.05) is 6.42 Å². The molecule has 0 radical (unpaired) electrons. The molecule has 1 aromatic carbocycles. The Kier molecular flexibility index (Phi) is 9.40. The van der Waals surface area contributed by atoms with Crippen LogP contribution in [0.25, 0.3) is 0 Å². The van der Waals surface area contributed by atoms with E-state index >= 15 is 0 Å². The Morgan fingerprint density at radius 2 is 2.04 bits per heavy atom. The molecule has 0 aliphatic heterocycles. The lowest BCUT2D eigenvalue weighted by molar-refractivity contribution is -0.114. The molecule has 0 saturated heterocycles. The van der Waals surface area contributed by atoms with Crippen molar-refractivity contribution < 1.29 is 19.7 Å². The second-order valence-electron chi connectivity index (χ2n) is 7.68. The maximum Gasteiger partial charge on any atom is 0.161 e. The van der Waals surface area contributed by atoms with Gasteiger partial charge in [-0.2, -0.15) is 0 Å². The third-order valence-electron chi connectivity index (χ3n) is 5.08. The minimum Gasteiger partial charge on any atom is -0.504 e. The van der Waals surface area contributed by atoms with Gasteiger partial charge in [-0.1, -0.05) is 25.0 Å². The van der Waals surface area contributed by atoms with Crippen molar-refractivity contribution in [1.82, 2.24) is 0 Å². The quantitative estimate of drug-likeness (QED) is 0.394. The number of carbonyl (C=O) groups excluding carboxylic acids is 1. The molecule has 1 atom stereocenters. The lowest BCUT2D eigenvalue weighted by Crippen LogP contribution is -2.11. The molecular formula is C23H34O4. The van der Waals surface area contributed by atoms with E-state index in [1.54, 1.807) is 12.1 Å². The number of ether oxygens (including phenoxy) is 1. The van der Waals surface area contributed by atoms with Crippen molar-refractivity contribution >= 4 is 5.78 Å². The second-order valence-corrected chi connectivity index (χ2v) is 7.68. The monoisotopic (exact) mass is 374 g/mol. The predicted octanol–water partition coefficient (Wildman–Crippen LogP) is 5.10. The number of hydrogen-bond acceptors (Lipinski definition) is 4. The molecule has 0 unspecified atom stereocenters. The third-order valence-corrected chi connectivity index (χ3v) is 5.08. The number of aliphatic hydroxyl groups excluding tert-OH is 1. The summed E-state index contributed by atoms with van der Waals surface area (Å²) in [5.74, 6) is 0.845. The van der Waals surface area contributed by atoms with Crippen molar-refractivity contribution in [3.63, 3.8) is 0 Å². The summed E-state index contributed by atoms with van der Waals surface area (Å²) in [7, 11) is 0. The first-order valence-corrected chi connectivity index (χ1v) is 10.4. The van der Waals surface area contributed by atoms with Crippen LogP contribution < -0.4 is 4.74 Å². The van der Waals surface area contributed by atoms with Crippen LogP contribution in [0.4, 0.5) is 0 Å². The Bertz CT molecular complexity index is 600. The number of carbonyl (C=O) groups is 1. The van der Waals surface area contributed by atoms with E-state index in [1.165, 1.54) is 12.8 Å². The molecule has 27 heavy (non-hydrogen) atoms. The van der Waals surface area contributed by atoms with E-state index < -0.39 is 0 Å². The van der Waals surface area contributed by atoms with Gasteiger partial charge in [-0.3, -0.25) is 4.79 Å². The number of phenolic OH excluding ortho intramolecular Hbond substituents is 1. The zero-order chi connectivity index (χ0) is 19.5. The molecule has 0 amide bonds. The first-order valence-electron chi connectivity index (χ1n) is 10.4. The summed E-state index contributed by atoms with van der Waals surface area (Å²) in [6.07, 6.45) is 14.1. The number of hydrogen-bond donors (Lipinski definition) is 2. The largest absolute Gasteiger partial charge is 0.504 e. The van der Waals surface area contributed by atoms with Gasteiger partial charge in [-0.05, 0) is 82.1 Å². The average molecular weight is 375 g/mol. The molecule has 150 valence electrons. The fraction of sp³-hybridized carbons (Fsp3) is 0.609. The van der Waals surface area contributed by atoms with Crippen LogP contribution in [0.5, 0.6) is 11.5 Å². The van der Waals surface area contributed by atoms with E-state index in [-0.39, 0.29) is 23.7 Å². The van der Waals surface area contributed by atoms with E-state index in [1.807, 2.05) is 25.1 Å². The van der Waals surface area contributed by atoms with Crippen LogP contribution in [-0.2, 0) is 11.2 Å². The van der Waals surface area contributed by atoms with Gasteiger partial charge in [0.25, 0.3) is 0 Å². The Labute approximate surface area is 163 Å². The molecule has 0 aromatic heterocycles. The summed E-state index contributed by atoms with van der Waals surface area (Å²) in [5.41, 5.74) is 1.01. The van der Waals surface area contributed by atoms with Crippen LogP contribution in [0.3, 0.4) is 0 Å². The van der Waals surface area contributed by atoms with Crippen LogP contribution in [0, 0.1) is 0 Å². The second kappa shape index (κ2) is 11.8. The van der Waals surface area contributed by atoms with Crippen molar-refractivity contribution in [3.05, 3.63) is 35.9 Å². The summed E-state index contributed by atoms with van der Waals surface area (Å²) < 4.78 is 5.92. The zero-order valence-electron chi connectivity index (χ0n) is 16.5. The van der Waals surface area contributed by atoms with Gasteiger partial charge in [-0.25, -0.2) is 0 Å². The van der Waals surface area contributed by atoms with Gasteiger partial charge in [-0.15, -0.1) is 0 Å². The molecule has 0 bridgehead atoms. The Balaban J connectivity index is 1.69. The maximum absolute atomic E-state index is 12.0. The fourth-order valence-corrected chi connectivity index (χ4v) is 3.44. The highest BCUT2D eigenvalue weighted by molar-refractivity contribution is 5.89. The van der Waals surface area contributed by atoms with Gasteiger partial charge >= 0.3 is 0 Å². The number of rotatable bonds is 12. The lowest BCUT2D eigenvalue weighted by atomic mass is 10.1. The van der Waals surface area contributed by atoms with Crippen LogP contribution in [0.1, 0.15) is 76.7 Å². The van der Waals surface area contributed by atoms with Crippen molar-refractivity contribution in [3.8, 4) is 11.5 Å². The number of aromatic hydroxyl groups is 1. The zero-order valence-corrected chi connectivity index (χ0v) is 16.5. The summed E-state index contributed by atoms with van der Waals surface area (Å²) in [6.45, 7) is 1.82. The predicted molar refractivity (Wildman–Crippen MR) is 108 cm³/mol. The average Bonchev–Trinajstić information content (AvgIpc) is 3.14. The number of aryl methyl sites for hydroxylation is 1. The molecule has 1 aliphatic rings. The van der Waals surface area contributed by atoms with Crippen LogP contribution in [0.2, 0.25) is 0 Å². The highest BCUT2D eigenvalue weighted by Crippen LogP contribution is 2.31. The van der Waals surface area contributed by atoms with Gasteiger partial charge in [0.2, 0.25) is 0 Å². The van der Waals surface area contributed by atoms with E-state index in [4.69, 9.17) is 4.74 Å². The summed E-state index contributed by atoms with van der Waals surface area (Å²) in [6, 6.07) is 5.38. The SMILES string of the molecule is C[C@H](O)CCCCCC=CC(=O)CCc1ccc(O)c(OC2CCCC2)c1. The number of phenols is 1. The van der Waals surface area contributed by atoms with E-state index in [2.05, 4.69) is 0 Å². The molecule has 0 spiro atoms. The summed E-state index contributed by atoms with van der Waals surface area (Å²) in [5, 5.41) is 19.2. The lowest BCUT2D eigenvalue weighted by Gasteiger charge is -2.15. The topological polar surface area (TPSA) is 66.8 Å². The fourth-order valence-electron chi connectivity index (χ4n) is 3.44. The molecule has 4 nitrogen and oxygen atoms in total. The normalized spacial score (nSPS) is 16.1. The molecule has 1 fully saturated rings. The highest BCUT2D eigenvalue weighted by atomic mass is 16.5.